The lowest BCUT2D eigenvalue weighted by Gasteiger charge is -2.14. The summed E-state index contributed by atoms with van der Waals surface area (Å²) in [6.45, 7) is 3.28. The van der Waals surface area contributed by atoms with Gasteiger partial charge in [-0.15, -0.1) is 0 Å². The number of halogens is 1. The summed E-state index contributed by atoms with van der Waals surface area (Å²) in [5, 5.41) is 3.40. The second-order valence-corrected chi connectivity index (χ2v) is 5.73. The van der Waals surface area contributed by atoms with Gasteiger partial charge in [-0.05, 0) is 19.1 Å². The lowest BCUT2D eigenvalue weighted by molar-refractivity contribution is -0.885. The van der Waals surface area contributed by atoms with Crippen molar-refractivity contribution in [3.8, 4) is 0 Å². The van der Waals surface area contributed by atoms with Gasteiger partial charge in [-0.25, -0.2) is 0 Å². The maximum Gasteiger partial charge on any atom is 0.279 e. The van der Waals surface area contributed by atoms with E-state index in [1.54, 1.807) is 12.1 Å². The molecule has 0 aliphatic carbocycles. The van der Waals surface area contributed by atoms with Crippen LogP contribution in [-0.4, -0.2) is 19.5 Å². The topological polar surface area (TPSA) is 33.5 Å². The fraction of sp³-hybridized carbons (Fsp3) is 0.235. The second-order valence-electron chi connectivity index (χ2n) is 5.32. The first-order chi connectivity index (χ1) is 10.0. The van der Waals surface area contributed by atoms with Crippen LogP contribution >= 0.6 is 11.6 Å². The van der Waals surface area contributed by atoms with Crippen molar-refractivity contribution < 1.29 is 9.69 Å². The second kappa shape index (κ2) is 7.25. The highest BCUT2D eigenvalue weighted by Gasteiger charge is 2.11. The third-order valence-electron chi connectivity index (χ3n) is 3.24. The minimum Gasteiger partial charge on any atom is -0.326 e. The molecule has 0 saturated carbocycles. The van der Waals surface area contributed by atoms with Gasteiger partial charge in [0.15, 0.2) is 6.54 Å². The Morgan fingerprint density at radius 2 is 1.81 bits per heavy atom. The number of benzene rings is 2. The van der Waals surface area contributed by atoms with E-state index in [-0.39, 0.29) is 5.91 Å². The first kappa shape index (κ1) is 15.5. The summed E-state index contributed by atoms with van der Waals surface area (Å²) in [6, 6.07) is 15.6. The molecule has 1 amide bonds. The van der Waals surface area contributed by atoms with Gasteiger partial charge >= 0.3 is 0 Å². The average Bonchev–Trinajstić information content (AvgIpc) is 2.44. The summed E-state index contributed by atoms with van der Waals surface area (Å²) in [5.41, 5.74) is 3.13. The zero-order valence-corrected chi connectivity index (χ0v) is 13.1. The van der Waals surface area contributed by atoms with Crippen molar-refractivity contribution in [3.63, 3.8) is 0 Å². The number of hydrogen-bond donors (Lipinski definition) is 2. The monoisotopic (exact) mass is 303 g/mol. The molecule has 4 heteroatoms. The van der Waals surface area contributed by atoms with Gasteiger partial charge in [0.05, 0.1) is 17.8 Å². The molecular formula is C17H20ClN2O+. The highest BCUT2D eigenvalue weighted by atomic mass is 35.5. The first-order valence-electron chi connectivity index (χ1n) is 6.96. The maximum absolute atomic E-state index is 12.0. The van der Waals surface area contributed by atoms with E-state index in [0.717, 1.165) is 11.4 Å². The molecule has 3 nitrogen and oxygen atoms in total. The molecule has 21 heavy (non-hydrogen) atoms. The molecule has 1 unspecified atom stereocenters. The first-order valence-corrected chi connectivity index (χ1v) is 7.33. The van der Waals surface area contributed by atoms with E-state index in [9.17, 15) is 4.79 Å². The average molecular weight is 304 g/mol. The van der Waals surface area contributed by atoms with Crippen molar-refractivity contribution in [1.29, 1.82) is 0 Å². The van der Waals surface area contributed by atoms with Crippen molar-refractivity contribution in [2.75, 3.05) is 18.9 Å². The molecule has 2 rings (SSSR count). The summed E-state index contributed by atoms with van der Waals surface area (Å²) in [5.74, 6) is -0.0345. The fourth-order valence-corrected chi connectivity index (χ4v) is 2.33. The van der Waals surface area contributed by atoms with E-state index in [0.29, 0.717) is 17.3 Å². The van der Waals surface area contributed by atoms with Crippen LogP contribution in [0, 0.1) is 6.92 Å². The molecule has 0 aliphatic heterocycles. The Hall–Kier alpha value is -1.84. The Kier molecular flexibility index (Phi) is 5.37. The van der Waals surface area contributed by atoms with Crippen LogP contribution < -0.4 is 10.2 Å². The van der Waals surface area contributed by atoms with Crippen LogP contribution in [0.15, 0.2) is 48.5 Å². The number of para-hydroxylation sites is 1. The molecule has 2 aromatic carbocycles. The predicted molar refractivity (Wildman–Crippen MR) is 86.7 cm³/mol. The Bertz CT molecular complexity index is 610. The van der Waals surface area contributed by atoms with E-state index < -0.39 is 0 Å². The zero-order valence-electron chi connectivity index (χ0n) is 12.3. The molecule has 0 radical (unpaired) electrons. The van der Waals surface area contributed by atoms with Gasteiger partial charge in [0.2, 0.25) is 0 Å². The number of anilines is 1. The predicted octanol–water partition coefficient (Wildman–Crippen LogP) is 2.30. The molecule has 0 fully saturated rings. The molecular weight excluding hydrogens is 284 g/mol. The summed E-state index contributed by atoms with van der Waals surface area (Å²) < 4.78 is 0. The zero-order chi connectivity index (χ0) is 15.2. The minimum atomic E-state index is -0.0345. The number of rotatable bonds is 5. The standard InChI is InChI=1S/C17H19ClN2O/c1-13-7-9-14(10-8-13)11-20(2)12-17(21)19-16-6-4-3-5-15(16)18/h3-10H,11-12H2,1-2H3,(H,19,21)/p+1. The van der Waals surface area contributed by atoms with Crippen LogP contribution in [0.1, 0.15) is 11.1 Å². The van der Waals surface area contributed by atoms with Crippen molar-refractivity contribution in [1.82, 2.24) is 0 Å². The summed E-state index contributed by atoms with van der Waals surface area (Å²) in [7, 11) is 2.01. The van der Waals surface area contributed by atoms with Crippen molar-refractivity contribution in [2.24, 2.45) is 0 Å². The molecule has 1 atom stereocenters. The normalized spacial score (nSPS) is 12.0. The molecule has 0 aliphatic rings. The van der Waals surface area contributed by atoms with Crippen molar-refractivity contribution in [3.05, 3.63) is 64.7 Å². The quantitative estimate of drug-likeness (QED) is 0.873. The number of nitrogens with one attached hydrogen (secondary N) is 2. The molecule has 2 aromatic rings. The van der Waals surface area contributed by atoms with Gasteiger partial charge in [-0.3, -0.25) is 4.79 Å². The van der Waals surface area contributed by atoms with E-state index in [4.69, 9.17) is 11.6 Å². The van der Waals surface area contributed by atoms with Gasteiger partial charge in [-0.2, -0.15) is 0 Å². The van der Waals surface area contributed by atoms with Crippen LogP contribution in [0.3, 0.4) is 0 Å². The Morgan fingerprint density at radius 3 is 2.48 bits per heavy atom. The number of amides is 1. The smallest absolute Gasteiger partial charge is 0.279 e. The molecule has 110 valence electrons. The van der Waals surface area contributed by atoms with E-state index in [2.05, 4.69) is 36.5 Å². The lowest BCUT2D eigenvalue weighted by atomic mass is 10.1. The third-order valence-corrected chi connectivity index (χ3v) is 3.57. The number of carbonyl (C=O) groups excluding carboxylic acids is 1. The maximum atomic E-state index is 12.0. The van der Waals surface area contributed by atoms with Gasteiger partial charge in [0, 0.05) is 5.56 Å². The number of likely N-dealkylation sites (N-methyl/N-ethyl adjacent to an activating group) is 1. The number of hydrogen-bond acceptors (Lipinski definition) is 1. The molecule has 0 bridgehead atoms. The van der Waals surface area contributed by atoms with Crippen LogP contribution in [0.2, 0.25) is 5.02 Å². The van der Waals surface area contributed by atoms with Crippen LogP contribution in [-0.2, 0) is 11.3 Å². The fourth-order valence-electron chi connectivity index (χ4n) is 2.15. The Labute approximate surface area is 130 Å². The molecule has 2 N–H and O–H groups in total. The van der Waals surface area contributed by atoms with Gasteiger partial charge in [-0.1, -0.05) is 53.6 Å². The molecule has 0 spiro atoms. The lowest BCUT2D eigenvalue weighted by Crippen LogP contribution is -3.08. The Balaban J connectivity index is 1.87. The molecule has 0 aromatic heterocycles. The third kappa shape index (κ3) is 4.88. The van der Waals surface area contributed by atoms with Crippen LogP contribution in [0.4, 0.5) is 5.69 Å². The largest absolute Gasteiger partial charge is 0.326 e. The van der Waals surface area contributed by atoms with E-state index >= 15 is 0 Å². The number of aryl methyl sites for hydroxylation is 1. The summed E-state index contributed by atoms with van der Waals surface area (Å²) in [6.07, 6.45) is 0. The highest BCUT2D eigenvalue weighted by molar-refractivity contribution is 6.33. The minimum absolute atomic E-state index is 0.0345. The van der Waals surface area contributed by atoms with Crippen LogP contribution in [0.25, 0.3) is 0 Å². The van der Waals surface area contributed by atoms with E-state index in [1.807, 2.05) is 19.2 Å². The summed E-state index contributed by atoms with van der Waals surface area (Å²) in [4.78, 5) is 13.2. The highest BCUT2D eigenvalue weighted by Crippen LogP contribution is 2.19. The van der Waals surface area contributed by atoms with Gasteiger partial charge in [0.25, 0.3) is 5.91 Å². The Morgan fingerprint density at radius 1 is 1.14 bits per heavy atom. The van der Waals surface area contributed by atoms with Crippen LogP contribution in [0.5, 0.6) is 0 Å². The number of carbonyl (C=O) groups is 1. The van der Waals surface area contributed by atoms with Crippen molar-refractivity contribution in [2.45, 2.75) is 13.5 Å². The van der Waals surface area contributed by atoms with Gasteiger partial charge in [0.1, 0.15) is 6.54 Å². The number of quaternary nitrogens is 1. The molecule has 0 heterocycles. The summed E-state index contributed by atoms with van der Waals surface area (Å²) >= 11 is 6.03. The van der Waals surface area contributed by atoms with Gasteiger partial charge < -0.3 is 10.2 Å². The van der Waals surface area contributed by atoms with E-state index in [1.165, 1.54) is 11.1 Å². The molecule has 0 saturated heterocycles. The SMILES string of the molecule is Cc1ccc(C[NH+](C)CC(=O)Nc2ccccc2Cl)cc1. The van der Waals surface area contributed by atoms with Crippen molar-refractivity contribution >= 4 is 23.2 Å².